The summed E-state index contributed by atoms with van der Waals surface area (Å²) in [5.41, 5.74) is 12.6. The topological polar surface area (TPSA) is 101 Å². The van der Waals surface area contributed by atoms with E-state index in [9.17, 15) is 9.90 Å². The van der Waals surface area contributed by atoms with Crippen LogP contribution >= 0.6 is 0 Å². The largest absolute Gasteiger partial charge is 0.397 e. The highest BCUT2D eigenvalue weighted by Gasteiger charge is 2.25. The zero-order valence-corrected chi connectivity index (χ0v) is 11.6. The van der Waals surface area contributed by atoms with E-state index in [0.29, 0.717) is 17.8 Å². The molecule has 0 unspecified atom stereocenters. The number of nitrogens with one attached hydrogen (secondary N) is 1. The number of hydrogen-bond donors (Lipinski definition) is 4. The van der Waals surface area contributed by atoms with E-state index in [1.54, 1.807) is 18.2 Å². The van der Waals surface area contributed by atoms with E-state index < -0.39 is 5.91 Å². The van der Waals surface area contributed by atoms with Crippen molar-refractivity contribution in [2.75, 3.05) is 24.2 Å². The Labute approximate surface area is 114 Å². The number of carbonyl (C=O) groups is 1. The van der Waals surface area contributed by atoms with Crippen molar-refractivity contribution in [1.82, 2.24) is 0 Å². The molecule has 6 N–H and O–H groups in total. The minimum Gasteiger partial charge on any atom is -0.397 e. The van der Waals surface area contributed by atoms with E-state index >= 15 is 0 Å². The number of aliphatic hydroxyl groups is 1. The van der Waals surface area contributed by atoms with Gasteiger partial charge in [0.05, 0.1) is 18.0 Å². The molecule has 1 rings (SSSR count). The highest BCUT2D eigenvalue weighted by Crippen LogP contribution is 2.28. The highest BCUT2D eigenvalue weighted by molar-refractivity contribution is 5.94. The monoisotopic (exact) mass is 265 g/mol. The average Bonchev–Trinajstić information content (AvgIpc) is 2.42. The maximum absolute atomic E-state index is 11.0. The fourth-order valence-electron chi connectivity index (χ4n) is 1.94. The molecule has 0 radical (unpaired) electrons. The van der Waals surface area contributed by atoms with Crippen LogP contribution in [0, 0.1) is 5.41 Å². The summed E-state index contributed by atoms with van der Waals surface area (Å²) in [6.45, 7) is 4.88. The van der Waals surface area contributed by atoms with E-state index in [1.165, 1.54) is 0 Å². The summed E-state index contributed by atoms with van der Waals surface area (Å²) in [4.78, 5) is 11.0. The Morgan fingerprint density at radius 1 is 1.37 bits per heavy atom. The van der Waals surface area contributed by atoms with Gasteiger partial charge in [-0.15, -0.1) is 0 Å². The molecule has 5 nitrogen and oxygen atoms in total. The summed E-state index contributed by atoms with van der Waals surface area (Å²) >= 11 is 0. The molecule has 0 spiro atoms. The standard InChI is InChI=1S/C14H23N3O2/c1-3-14(4-2,9-18)8-17-12-6-5-10(13(16)19)7-11(12)15/h5-7,17-18H,3-4,8-9,15H2,1-2H3,(H2,16,19). The van der Waals surface area contributed by atoms with Crippen LogP contribution in [0.1, 0.15) is 37.0 Å². The first-order chi connectivity index (χ1) is 8.98. The molecule has 106 valence electrons. The van der Waals surface area contributed by atoms with Gasteiger partial charge in [-0.1, -0.05) is 13.8 Å². The molecule has 1 amide bonds. The van der Waals surface area contributed by atoms with Crippen LogP contribution in [0.25, 0.3) is 0 Å². The highest BCUT2D eigenvalue weighted by atomic mass is 16.3. The number of benzene rings is 1. The number of carbonyl (C=O) groups excluding carboxylic acids is 1. The van der Waals surface area contributed by atoms with Crippen LogP contribution in [-0.4, -0.2) is 24.2 Å². The molecule has 1 aromatic rings. The molecular formula is C14H23N3O2. The normalized spacial score (nSPS) is 11.3. The summed E-state index contributed by atoms with van der Waals surface area (Å²) in [5, 5.41) is 12.7. The summed E-state index contributed by atoms with van der Waals surface area (Å²) in [5.74, 6) is -0.495. The molecule has 0 fully saturated rings. The Morgan fingerprint density at radius 3 is 2.42 bits per heavy atom. The van der Waals surface area contributed by atoms with Gasteiger partial charge in [0.15, 0.2) is 0 Å². The van der Waals surface area contributed by atoms with Crippen molar-refractivity contribution in [3.8, 4) is 0 Å². The molecule has 0 saturated carbocycles. The smallest absolute Gasteiger partial charge is 0.248 e. The van der Waals surface area contributed by atoms with Crippen LogP contribution in [0.3, 0.4) is 0 Å². The number of nitrogens with two attached hydrogens (primary N) is 2. The third-order valence-corrected chi connectivity index (χ3v) is 3.83. The van der Waals surface area contributed by atoms with Crippen LogP contribution < -0.4 is 16.8 Å². The second-order valence-corrected chi connectivity index (χ2v) is 4.89. The van der Waals surface area contributed by atoms with Crippen LogP contribution in [0.5, 0.6) is 0 Å². The fraction of sp³-hybridized carbons (Fsp3) is 0.500. The molecule has 0 aliphatic rings. The van der Waals surface area contributed by atoms with Crippen LogP contribution in [0.15, 0.2) is 18.2 Å². The number of anilines is 2. The maximum Gasteiger partial charge on any atom is 0.248 e. The molecule has 0 aliphatic heterocycles. The van der Waals surface area contributed by atoms with Crippen molar-refractivity contribution in [2.45, 2.75) is 26.7 Å². The SMILES string of the molecule is CCC(CC)(CO)CNc1ccc(C(N)=O)cc1N. The lowest BCUT2D eigenvalue weighted by Crippen LogP contribution is -2.32. The van der Waals surface area contributed by atoms with Gasteiger partial charge >= 0.3 is 0 Å². The van der Waals surface area contributed by atoms with E-state index in [0.717, 1.165) is 18.5 Å². The lowest BCUT2D eigenvalue weighted by molar-refractivity contribution is 0.100. The molecular weight excluding hydrogens is 242 g/mol. The number of hydrogen-bond acceptors (Lipinski definition) is 4. The van der Waals surface area contributed by atoms with E-state index in [-0.39, 0.29) is 12.0 Å². The molecule has 0 atom stereocenters. The summed E-state index contributed by atoms with van der Waals surface area (Å²) in [6, 6.07) is 4.94. The average molecular weight is 265 g/mol. The minimum absolute atomic E-state index is 0.131. The van der Waals surface area contributed by atoms with Crippen LogP contribution in [0.2, 0.25) is 0 Å². The Kier molecular flexibility index (Phi) is 5.18. The quantitative estimate of drug-likeness (QED) is 0.562. The molecule has 0 bridgehead atoms. The zero-order chi connectivity index (χ0) is 14.5. The van der Waals surface area contributed by atoms with Crippen LogP contribution in [-0.2, 0) is 0 Å². The third kappa shape index (κ3) is 3.61. The van der Waals surface area contributed by atoms with Crippen molar-refractivity contribution in [2.24, 2.45) is 11.1 Å². The fourth-order valence-corrected chi connectivity index (χ4v) is 1.94. The van der Waals surface area contributed by atoms with Gasteiger partial charge in [-0.05, 0) is 31.0 Å². The summed E-state index contributed by atoms with van der Waals surface area (Å²) in [7, 11) is 0. The van der Waals surface area contributed by atoms with E-state index in [2.05, 4.69) is 19.2 Å². The predicted octanol–water partition coefficient (Wildman–Crippen LogP) is 1.58. The van der Waals surface area contributed by atoms with Crippen molar-refractivity contribution in [1.29, 1.82) is 0 Å². The lowest BCUT2D eigenvalue weighted by Gasteiger charge is -2.30. The van der Waals surface area contributed by atoms with E-state index in [1.807, 2.05) is 0 Å². The molecule has 0 aromatic heterocycles. The Balaban J connectivity index is 2.80. The van der Waals surface area contributed by atoms with Crippen molar-refractivity contribution < 1.29 is 9.90 Å². The predicted molar refractivity (Wildman–Crippen MR) is 78.0 cm³/mol. The van der Waals surface area contributed by atoms with Crippen LogP contribution in [0.4, 0.5) is 11.4 Å². The lowest BCUT2D eigenvalue weighted by atomic mass is 9.83. The molecule has 0 saturated heterocycles. The van der Waals surface area contributed by atoms with Gasteiger partial charge in [0.25, 0.3) is 0 Å². The minimum atomic E-state index is -0.495. The van der Waals surface area contributed by atoms with Gasteiger partial charge < -0.3 is 21.9 Å². The first kappa shape index (κ1) is 15.3. The van der Waals surface area contributed by atoms with E-state index in [4.69, 9.17) is 11.5 Å². The van der Waals surface area contributed by atoms with Gasteiger partial charge in [-0.3, -0.25) is 4.79 Å². The Morgan fingerprint density at radius 2 is 2.00 bits per heavy atom. The maximum atomic E-state index is 11.0. The van der Waals surface area contributed by atoms with Crippen molar-refractivity contribution in [3.63, 3.8) is 0 Å². The number of primary amides is 1. The van der Waals surface area contributed by atoms with Crippen molar-refractivity contribution in [3.05, 3.63) is 23.8 Å². The third-order valence-electron chi connectivity index (χ3n) is 3.83. The Hall–Kier alpha value is -1.75. The van der Waals surface area contributed by atoms with Gasteiger partial charge in [0.1, 0.15) is 0 Å². The number of amides is 1. The molecule has 0 aliphatic carbocycles. The summed E-state index contributed by atoms with van der Waals surface area (Å²) in [6.07, 6.45) is 1.76. The molecule has 0 heterocycles. The first-order valence-corrected chi connectivity index (χ1v) is 6.52. The number of nitrogen functional groups attached to an aromatic ring is 1. The molecule has 19 heavy (non-hydrogen) atoms. The van der Waals surface area contributed by atoms with Gasteiger partial charge in [0, 0.05) is 17.5 Å². The number of rotatable bonds is 7. The second-order valence-electron chi connectivity index (χ2n) is 4.89. The zero-order valence-electron chi connectivity index (χ0n) is 11.6. The number of aliphatic hydroxyl groups excluding tert-OH is 1. The van der Waals surface area contributed by atoms with Crippen molar-refractivity contribution >= 4 is 17.3 Å². The molecule has 1 aromatic carbocycles. The first-order valence-electron chi connectivity index (χ1n) is 6.52. The second kappa shape index (κ2) is 6.43. The van der Waals surface area contributed by atoms with Gasteiger partial charge in [-0.25, -0.2) is 0 Å². The van der Waals surface area contributed by atoms with Gasteiger partial charge in [-0.2, -0.15) is 0 Å². The summed E-state index contributed by atoms with van der Waals surface area (Å²) < 4.78 is 0. The Bertz CT molecular complexity index is 434. The molecule has 5 heteroatoms. The van der Waals surface area contributed by atoms with Gasteiger partial charge in [0.2, 0.25) is 5.91 Å².